The molecule has 29 heavy (non-hydrogen) atoms. The summed E-state index contributed by atoms with van der Waals surface area (Å²) in [5.41, 5.74) is 6.47. The number of anilines is 3. The molecule has 4 rings (SSSR count). The van der Waals surface area contributed by atoms with Gasteiger partial charge in [-0.05, 0) is 42.7 Å². The van der Waals surface area contributed by atoms with Crippen LogP contribution in [0.4, 0.5) is 17.5 Å². The number of aromatic nitrogens is 3. The molecule has 5 heteroatoms. The van der Waals surface area contributed by atoms with Crippen molar-refractivity contribution in [1.29, 1.82) is 0 Å². The van der Waals surface area contributed by atoms with Crippen LogP contribution in [0.2, 0.25) is 0 Å². The number of benzene rings is 2. The smallest absolute Gasteiger partial charge is 0.225 e. The highest BCUT2D eigenvalue weighted by Crippen LogP contribution is 2.26. The molecule has 2 aromatic heterocycles. The second-order valence-electron chi connectivity index (χ2n) is 6.92. The summed E-state index contributed by atoms with van der Waals surface area (Å²) in [6.07, 6.45) is 3.60. The Hall–Kier alpha value is -3.73. The molecule has 0 bridgehead atoms. The van der Waals surface area contributed by atoms with Gasteiger partial charge >= 0.3 is 0 Å². The monoisotopic (exact) mass is 381 g/mol. The molecule has 0 unspecified atom stereocenters. The van der Waals surface area contributed by atoms with E-state index in [0.29, 0.717) is 12.5 Å². The Balaban J connectivity index is 1.67. The maximum atomic E-state index is 4.72. The number of nitrogens with one attached hydrogen (secondary N) is 2. The third kappa shape index (κ3) is 4.58. The fourth-order valence-electron chi connectivity index (χ4n) is 3.06. The molecule has 144 valence electrons. The van der Waals surface area contributed by atoms with Gasteiger partial charge in [0.25, 0.3) is 0 Å². The molecular formula is C24H23N5. The molecule has 0 fully saturated rings. The first kappa shape index (κ1) is 18.6. The SMILES string of the molecule is Cc1cccc(Nc2cc(-c3ccccc3)nc(NCc3cccnc3)n2)c1C. The molecule has 0 saturated carbocycles. The predicted molar refractivity (Wildman–Crippen MR) is 118 cm³/mol. The van der Waals surface area contributed by atoms with E-state index < -0.39 is 0 Å². The van der Waals surface area contributed by atoms with Crippen LogP contribution < -0.4 is 10.6 Å². The first-order valence-corrected chi connectivity index (χ1v) is 9.59. The number of aryl methyl sites for hydroxylation is 1. The van der Waals surface area contributed by atoms with Crippen LogP contribution in [0.1, 0.15) is 16.7 Å². The highest BCUT2D eigenvalue weighted by atomic mass is 15.1. The first-order chi connectivity index (χ1) is 14.2. The molecule has 5 nitrogen and oxygen atoms in total. The summed E-state index contributed by atoms with van der Waals surface area (Å²) in [6.45, 7) is 4.82. The van der Waals surface area contributed by atoms with Crippen molar-refractivity contribution in [1.82, 2.24) is 15.0 Å². The predicted octanol–water partition coefficient (Wildman–Crippen LogP) is 5.51. The average Bonchev–Trinajstić information content (AvgIpc) is 2.77. The molecule has 0 saturated heterocycles. The lowest BCUT2D eigenvalue weighted by Gasteiger charge is -2.14. The van der Waals surface area contributed by atoms with E-state index in [0.717, 1.165) is 28.3 Å². The Labute approximate surface area is 170 Å². The summed E-state index contributed by atoms with van der Waals surface area (Å²) < 4.78 is 0. The number of hydrogen-bond donors (Lipinski definition) is 2. The molecule has 0 aliphatic carbocycles. The minimum absolute atomic E-state index is 0.572. The lowest BCUT2D eigenvalue weighted by atomic mass is 10.1. The number of nitrogens with zero attached hydrogens (tertiary/aromatic N) is 3. The quantitative estimate of drug-likeness (QED) is 0.461. The van der Waals surface area contributed by atoms with E-state index in [1.807, 2.05) is 48.7 Å². The third-order valence-corrected chi connectivity index (χ3v) is 4.84. The standard InChI is InChI=1S/C24H23N5/c1-17-8-6-12-21(18(17)2)27-23-14-22(20-10-4-3-5-11-20)28-24(29-23)26-16-19-9-7-13-25-15-19/h3-15H,16H2,1-2H3,(H2,26,27,28,29). The zero-order chi connectivity index (χ0) is 20.1. The Morgan fingerprint density at radius 1 is 0.862 bits per heavy atom. The molecule has 0 radical (unpaired) electrons. The van der Waals surface area contributed by atoms with Gasteiger partial charge in [-0.1, -0.05) is 48.5 Å². The largest absolute Gasteiger partial charge is 0.350 e. The second kappa shape index (κ2) is 8.52. The van der Waals surface area contributed by atoms with Crippen LogP contribution >= 0.6 is 0 Å². The minimum atomic E-state index is 0.572. The average molecular weight is 381 g/mol. The number of hydrogen-bond acceptors (Lipinski definition) is 5. The molecule has 0 aliphatic rings. The Bertz CT molecular complexity index is 1090. The van der Waals surface area contributed by atoms with Crippen molar-refractivity contribution in [2.24, 2.45) is 0 Å². The van der Waals surface area contributed by atoms with Gasteiger partial charge in [0.1, 0.15) is 5.82 Å². The van der Waals surface area contributed by atoms with Gasteiger partial charge in [-0.2, -0.15) is 4.98 Å². The van der Waals surface area contributed by atoms with Crippen molar-refractivity contribution < 1.29 is 0 Å². The van der Waals surface area contributed by atoms with Crippen LogP contribution in [0, 0.1) is 13.8 Å². The van der Waals surface area contributed by atoms with Crippen LogP contribution in [0.15, 0.2) is 79.1 Å². The molecular weight excluding hydrogens is 358 g/mol. The van der Waals surface area contributed by atoms with Gasteiger partial charge in [0, 0.05) is 36.3 Å². The first-order valence-electron chi connectivity index (χ1n) is 9.59. The van der Waals surface area contributed by atoms with E-state index in [-0.39, 0.29) is 0 Å². The highest BCUT2D eigenvalue weighted by molar-refractivity contribution is 5.69. The molecule has 2 N–H and O–H groups in total. The molecule has 0 spiro atoms. The summed E-state index contributed by atoms with van der Waals surface area (Å²) in [6, 6.07) is 22.3. The zero-order valence-corrected chi connectivity index (χ0v) is 16.6. The zero-order valence-electron chi connectivity index (χ0n) is 16.6. The number of pyridine rings is 1. The van der Waals surface area contributed by atoms with Crippen molar-refractivity contribution >= 4 is 17.5 Å². The van der Waals surface area contributed by atoms with Crippen LogP contribution in [0.3, 0.4) is 0 Å². The highest BCUT2D eigenvalue weighted by Gasteiger charge is 2.09. The van der Waals surface area contributed by atoms with Gasteiger partial charge in [0.15, 0.2) is 0 Å². The maximum absolute atomic E-state index is 4.72. The lowest BCUT2D eigenvalue weighted by Crippen LogP contribution is -2.07. The van der Waals surface area contributed by atoms with Crippen LogP contribution in [-0.2, 0) is 6.54 Å². The topological polar surface area (TPSA) is 62.7 Å². The van der Waals surface area contributed by atoms with E-state index in [4.69, 9.17) is 4.98 Å². The van der Waals surface area contributed by atoms with Crippen molar-refractivity contribution in [2.75, 3.05) is 10.6 Å². The van der Waals surface area contributed by atoms with Gasteiger partial charge in [-0.15, -0.1) is 0 Å². The van der Waals surface area contributed by atoms with Crippen molar-refractivity contribution in [3.05, 3.63) is 95.8 Å². The maximum Gasteiger partial charge on any atom is 0.225 e. The van der Waals surface area contributed by atoms with Crippen LogP contribution in [-0.4, -0.2) is 15.0 Å². The summed E-state index contributed by atoms with van der Waals surface area (Å²) in [7, 11) is 0. The van der Waals surface area contributed by atoms with Crippen LogP contribution in [0.25, 0.3) is 11.3 Å². The summed E-state index contributed by atoms with van der Waals surface area (Å²) >= 11 is 0. The fourth-order valence-corrected chi connectivity index (χ4v) is 3.06. The Kier molecular flexibility index (Phi) is 5.47. The summed E-state index contributed by atoms with van der Waals surface area (Å²) in [4.78, 5) is 13.6. The second-order valence-corrected chi connectivity index (χ2v) is 6.92. The molecule has 0 aliphatic heterocycles. The fraction of sp³-hybridized carbons (Fsp3) is 0.125. The van der Waals surface area contributed by atoms with Gasteiger partial charge in [-0.25, -0.2) is 4.98 Å². The van der Waals surface area contributed by atoms with E-state index in [2.05, 4.69) is 58.7 Å². The molecule has 0 atom stereocenters. The lowest BCUT2D eigenvalue weighted by molar-refractivity contribution is 1.04. The molecule has 2 aromatic carbocycles. The number of rotatable bonds is 6. The van der Waals surface area contributed by atoms with Gasteiger partial charge in [-0.3, -0.25) is 4.98 Å². The Morgan fingerprint density at radius 2 is 1.72 bits per heavy atom. The van der Waals surface area contributed by atoms with Gasteiger partial charge in [0.05, 0.1) is 5.69 Å². The summed E-state index contributed by atoms with van der Waals surface area (Å²) in [5.74, 6) is 1.32. The van der Waals surface area contributed by atoms with E-state index in [9.17, 15) is 0 Å². The molecule has 2 heterocycles. The van der Waals surface area contributed by atoms with Gasteiger partial charge < -0.3 is 10.6 Å². The van der Waals surface area contributed by atoms with Crippen molar-refractivity contribution in [3.8, 4) is 11.3 Å². The van der Waals surface area contributed by atoms with E-state index in [1.165, 1.54) is 11.1 Å². The molecule has 0 amide bonds. The summed E-state index contributed by atoms with van der Waals surface area (Å²) in [5, 5.41) is 6.78. The normalized spacial score (nSPS) is 10.6. The van der Waals surface area contributed by atoms with Crippen molar-refractivity contribution in [3.63, 3.8) is 0 Å². The third-order valence-electron chi connectivity index (χ3n) is 4.84. The minimum Gasteiger partial charge on any atom is -0.350 e. The molecule has 4 aromatic rings. The van der Waals surface area contributed by atoms with Crippen molar-refractivity contribution in [2.45, 2.75) is 20.4 Å². The van der Waals surface area contributed by atoms with E-state index in [1.54, 1.807) is 6.20 Å². The Morgan fingerprint density at radius 3 is 2.52 bits per heavy atom. The van der Waals surface area contributed by atoms with Crippen LogP contribution in [0.5, 0.6) is 0 Å². The van der Waals surface area contributed by atoms with Gasteiger partial charge in [0.2, 0.25) is 5.95 Å². The van der Waals surface area contributed by atoms with E-state index >= 15 is 0 Å².